The summed E-state index contributed by atoms with van der Waals surface area (Å²) in [6.45, 7) is 13.2. The maximum Gasteiger partial charge on any atom is 0.251 e. The highest BCUT2D eigenvalue weighted by Gasteiger charge is 2.24. The number of nitrogen functional groups attached to an aromatic ring is 2. The van der Waals surface area contributed by atoms with Gasteiger partial charge in [0.25, 0.3) is 11.8 Å². The summed E-state index contributed by atoms with van der Waals surface area (Å²) in [5, 5.41) is 9.49. The van der Waals surface area contributed by atoms with E-state index in [-0.39, 0.29) is 23.4 Å². The first-order valence-electron chi connectivity index (χ1n) is 28.1. The van der Waals surface area contributed by atoms with Crippen molar-refractivity contribution in [3.63, 3.8) is 0 Å². The zero-order valence-electron chi connectivity index (χ0n) is 46.8. The Morgan fingerprint density at radius 3 is 1.68 bits per heavy atom. The number of ketones is 2. The molecule has 2 amide bonds. The summed E-state index contributed by atoms with van der Waals surface area (Å²) in [7, 11) is 0. The van der Waals surface area contributed by atoms with Crippen LogP contribution in [-0.2, 0) is 4.79 Å². The molecule has 1 aliphatic carbocycles. The van der Waals surface area contributed by atoms with Gasteiger partial charge in [0.1, 0.15) is 11.0 Å². The Bertz CT molecular complexity index is 3770. The van der Waals surface area contributed by atoms with Crippen LogP contribution in [0, 0.1) is 20.8 Å². The number of carbonyl (C=O) groups is 4. The number of amides is 2. The van der Waals surface area contributed by atoms with Crippen LogP contribution in [0.25, 0.3) is 38.9 Å². The third kappa shape index (κ3) is 13.9. The number of nitrogens with zero attached hydrogens (tertiary/aromatic N) is 3. The molecular weight excluding hydrogens is 1000 g/mol. The second kappa shape index (κ2) is 26.1. The molecule has 12 nitrogen and oxygen atoms in total. The van der Waals surface area contributed by atoms with Gasteiger partial charge >= 0.3 is 0 Å². The van der Waals surface area contributed by atoms with Gasteiger partial charge in [-0.15, -0.1) is 4.57 Å². The van der Waals surface area contributed by atoms with Crippen LogP contribution in [0.4, 0.5) is 28.4 Å². The topological polar surface area (TPSA) is 186 Å². The summed E-state index contributed by atoms with van der Waals surface area (Å²) in [5.41, 5.74) is 30.2. The molecule has 0 bridgehead atoms. The van der Waals surface area contributed by atoms with Crippen LogP contribution in [0.2, 0.25) is 0 Å². The number of aryl methyl sites for hydroxylation is 3. The van der Waals surface area contributed by atoms with E-state index in [0.29, 0.717) is 70.9 Å². The smallest absolute Gasteiger partial charge is 0.251 e. The van der Waals surface area contributed by atoms with Crippen LogP contribution in [0.3, 0.4) is 0 Å². The Labute approximate surface area is 474 Å². The molecule has 7 N–H and O–H groups in total. The zero-order chi connectivity index (χ0) is 57.0. The molecule has 1 aromatic heterocycles. The molecule has 12 heteroatoms. The molecule has 0 aliphatic heterocycles. The number of Topliss-reactive ketones (excluding diaryl/α,β-unsaturated/α-hetero) is 2. The van der Waals surface area contributed by atoms with E-state index in [1.54, 1.807) is 0 Å². The lowest BCUT2D eigenvalue weighted by molar-refractivity contribution is -0.538. The van der Waals surface area contributed by atoms with Crippen LogP contribution >= 0.6 is 0 Å². The quantitative estimate of drug-likeness (QED) is 0.0138. The van der Waals surface area contributed by atoms with E-state index in [1.165, 1.54) is 0 Å². The Balaban J connectivity index is 0.659. The van der Waals surface area contributed by atoms with Crippen molar-refractivity contribution < 1.29 is 23.7 Å². The van der Waals surface area contributed by atoms with Crippen molar-refractivity contribution in [1.29, 1.82) is 0 Å². The van der Waals surface area contributed by atoms with Crippen molar-refractivity contribution in [1.82, 2.24) is 15.6 Å². The van der Waals surface area contributed by atoms with Gasteiger partial charge < -0.3 is 27.4 Å². The molecule has 7 aromatic carbocycles. The monoisotopic (exact) mass is 1080 g/mol. The first kappa shape index (κ1) is 56.4. The fourth-order valence-corrected chi connectivity index (χ4v) is 10.2. The fourth-order valence-electron chi connectivity index (χ4n) is 10.2. The van der Waals surface area contributed by atoms with Crippen molar-refractivity contribution >= 4 is 79.6 Å². The number of anilines is 4. The molecule has 0 unspecified atom stereocenters. The highest BCUT2D eigenvalue weighted by atomic mass is 16.2. The summed E-state index contributed by atoms with van der Waals surface area (Å²) < 4.78 is 2.14. The molecular formula is C69H71N8O4+. The largest absolute Gasteiger partial charge is 0.398 e. The van der Waals surface area contributed by atoms with Crippen LogP contribution in [0.15, 0.2) is 186 Å². The number of hydrogen-bond acceptors (Lipinski definition) is 9. The van der Waals surface area contributed by atoms with Crippen LogP contribution in [0.5, 0.6) is 0 Å². The molecule has 8 aromatic rings. The number of aromatic nitrogens is 2. The molecule has 0 spiro atoms. The number of allylic oxidation sites excluding steroid dienone is 5. The van der Waals surface area contributed by atoms with E-state index in [1.807, 2.05) is 185 Å². The minimum absolute atomic E-state index is 0.0833. The maximum atomic E-state index is 13.7. The molecule has 0 saturated carbocycles. The number of hydrogen-bond donors (Lipinski definition) is 5. The highest BCUT2D eigenvalue weighted by molar-refractivity contribution is 6.17. The van der Waals surface area contributed by atoms with Crippen LogP contribution < -0.4 is 32.0 Å². The van der Waals surface area contributed by atoms with Gasteiger partial charge in [-0.1, -0.05) is 92.9 Å². The van der Waals surface area contributed by atoms with Crippen LogP contribution in [-0.4, -0.2) is 47.2 Å². The van der Waals surface area contributed by atoms with E-state index in [0.717, 1.165) is 130 Å². The summed E-state index contributed by atoms with van der Waals surface area (Å²) >= 11 is 0. The lowest BCUT2D eigenvalue weighted by atomic mass is 9.90. The maximum absolute atomic E-state index is 13.7. The number of rotatable bonds is 23. The summed E-state index contributed by atoms with van der Waals surface area (Å²) in [4.78, 5) is 63.0. The summed E-state index contributed by atoms with van der Waals surface area (Å²) in [6, 6.07) is 46.7. The van der Waals surface area contributed by atoms with Gasteiger partial charge in [-0.25, -0.2) is 9.98 Å². The molecule has 0 fully saturated rings. The molecule has 1 heterocycles. The normalized spacial score (nSPS) is 12.8. The van der Waals surface area contributed by atoms with E-state index in [9.17, 15) is 19.2 Å². The van der Waals surface area contributed by atoms with Crippen molar-refractivity contribution in [3.05, 3.63) is 214 Å². The van der Waals surface area contributed by atoms with Crippen molar-refractivity contribution in [2.75, 3.05) is 29.9 Å². The Kier molecular flexibility index (Phi) is 18.2. The average molecular weight is 1080 g/mol. The Hall–Kier alpha value is -9.29. The number of nitrogens with two attached hydrogens (primary N) is 2. The fraction of sp³-hybridized carbons (Fsp3) is 0.232. The lowest BCUT2D eigenvalue weighted by Gasteiger charge is -2.17. The first-order chi connectivity index (χ1) is 39.2. The second-order valence-electron chi connectivity index (χ2n) is 21.1. The molecule has 0 radical (unpaired) electrons. The van der Waals surface area contributed by atoms with Crippen molar-refractivity contribution in [3.8, 4) is 16.8 Å². The van der Waals surface area contributed by atoms with Gasteiger partial charge in [-0.05, 0) is 165 Å². The molecule has 0 atom stereocenters. The van der Waals surface area contributed by atoms with Crippen LogP contribution in [0.1, 0.15) is 119 Å². The van der Waals surface area contributed by atoms with Crippen molar-refractivity contribution in [2.45, 2.75) is 91.9 Å². The number of fused-ring (bicyclic) bond motifs is 2. The van der Waals surface area contributed by atoms with Gasteiger partial charge in [0.15, 0.2) is 11.6 Å². The number of benzene rings is 7. The van der Waals surface area contributed by atoms with Gasteiger partial charge in [0.05, 0.1) is 17.1 Å². The highest BCUT2D eigenvalue weighted by Crippen LogP contribution is 2.35. The minimum atomic E-state index is -0.135. The van der Waals surface area contributed by atoms with E-state index >= 15 is 0 Å². The van der Waals surface area contributed by atoms with Gasteiger partial charge in [0, 0.05) is 89.5 Å². The SMILES string of the molecule is C=C1C=C(C(=O)CCCCCCNC(=O)c2ccc(-c3ccc(C(=O)NCCCCCCC(=O)c4cc5c(cc4C)nc4cc(C)c(N)cc4[n+]5-c4ccccc4)cc3)cc2)C(C)=CC1=Nc1cc(C)c(N)cc1Nc1ccccc1. The molecule has 9 rings (SSSR count). The zero-order valence-corrected chi connectivity index (χ0v) is 46.8. The molecule has 0 saturated heterocycles. The lowest BCUT2D eigenvalue weighted by Crippen LogP contribution is -2.33. The van der Waals surface area contributed by atoms with Gasteiger partial charge in [-0.3, -0.25) is 19.2 Å². The second-order valence-corrected chi connectivity index (χ2v) is 21.1. The van der Waals surface area contributed by atoms with E-state index in [2.05, 4.69) is 27.1 Å². The summed E-state index contributed by atoms with van der Waals surface area (Å²) in [6.07, 6.45) is 11.3. The number of carbonyl (C=O) groups excluding carboxylic acids is 4. The van der Waals surface area contributed by atoms with E-state index in [4.69, 9.17) is 21.4 Å². The van der Waals surface area contributed by atoms with Crippen molar-refractivity contribution in [2.24, 2.45) is 4.99 Å². The summed E-state index contributed by atoms with van der Waals surface area (Å²) in [5.74, 6) is -0.0804. The predicted octanol–water partition coefficient (Wildman–Crippen LogP) is 14.2. The molecule has 1 aliphatic rings. The third-order valence-corrected chi connectivity index (χ3v) is 15.0. The standard InChI is InChI=1S/C69H70N8O4/c1-44-37-59(75-60-39-46(3)57(70)42-61(60)74-53-20-12-10-13-21-53)48(5)36-55(44)66(78)24-16-6-8-18-34-72-68(80)51-30-26-49(27-31-51)50-28-32-52(33-29-50)69(81)73-35-19-9-7-17-25-67(79)56-41-64-62(38-45(56)2)76-63-40-47(4)58(71)43-65(63)77(64)54-22-14-11-15-23-54/h10-15,20-23,26-33,36-43,71,74H,5-9,16-19,24-25,34-35,70H2,1-4H3,(H2,72,73,80,81)/p+1. The number of nitrogens with one attached hydrogen (secondary N) is 3. The van der Waals surface area contributed by atoms with E-state index < -0.39 is 0 Å². The Morgan fingerprint density at radius 1 is 0.556 bits per heavy atom. The predicted molar refractivity (Wildman–Crippen MR) is 330 cm³/mol. The average Bonchev–Trinajstić information content (AvgIpc) is 3.50. The minimum Gasteiger partial charge on any atom is -0.398 e. The number of para-hydroxylation sites is 2. The molecule has 81 heavy (non-hydrogen) atoms. The number of unbranched alkanes of at least 4 members (excludes halogenated alkanes) is 6. The first-order valence-corrected chi connectivity index (χ1v) is 28.1. The van der Waals surface area contributed by atoms with Gasteiger partial charge in [-0.2, -0.15) is 0 Å². The molecule has 410 valence electrons. The number of aliphatic imine (C=N–C) groups is 1. The third-order valence-electron chi connectivity index (χ3n) is 15.0. The Morgan fingerprint density at radius 2 is 1.07 bits per heavy atom. The van der Waals surface area contributed by atoms with Gasteiger partial charge in [0.2, 0.25) is 16.7 Å².